The maximum Gasteiger partial charge on any atom is 0.321 e. The number of carbonyl (C=O) groups is 2. The van der Waals surface area contributed by atoms with Crippen LogP contribution in [0.1, 0.15) is 42.1 Å². The van der Waals surface area contributed by atoms with E-state index in [9.17, 15) is 9.59 Å². The van der Waals surface area contributed by atoms with Crippen molar-refractivity contribution in [1.29, 1.82) is 0 Å². The number of amides is 3. The summed E-state index contributed by atoms with van der Waals surface area (Å²) in [7, 11) is 0. The van der Waals surface area contributed by atoms with Gasteiger partial charge in [-0.25, -0.2) is 4.79 Å². The fourth-order valence-electron chi connectivity index (χ4n) is 5.48. The lowest BCUT2D eigenvalue weighted by molar-refractivity contribution is -0.154. The van der Waals surface area contributed by atoms with E-state index in [1.54, 1.807) is 4.90 Å². The molecule has 2 aliphatic heterocycles. The molecule has 0 spiro atoms. The monoisotopic (exact) mass is 499 g/mol. The first-order chi connectivity index (χ1) is 17.8. The van der Waals surface area contributed by atoms with Gasteiger partial charge < -0.3 is 20.1 Å². The second kappa shape index (κ2) is 9.81. The number of hydrogen-bond acceptors (Lipinski definition) is 4. The fourth-order valence-corrected chi connectivity index (χ4v) is 5.48. The van der Waals surface area contributed by atoms with Gasteiger partial charge >= 0.3 is 6.03 Å². The molecule has 0 saturated carbocycles. The number of urea groups is 1. The third-order valence-electron chi connectivity index (χ3n) is 7.31. The number of rotatable bonds is 7. The molecule has 0 unspecified atom stereocenters. The molecule has 2 bridgehead atoms. The van der Waals surface area contributed by atoms with Crippen molar-refractivity contribution in [2.75, 3.05) is 18.5 Å². The number of aryl methyl sites for hydroxylation is 2. The molecule has 7 nitrogen and oxygen atoms in total. The Labute approximate surface area is 217 Å². The fraction of sp³-hybridized carbons (Fsp3) is 0.333. The molecular formula is C30H33N3O4. The van der Waals surface area contributed by atoms with Crippen molar-refractivity contribution in [3.63, 3.8) is 0 Å². The van der Waals surface area contributed by atoms with Crippen LogP contribution < -0.4 is 20.1 Å². The molecule has 0 radical (unpaired) electrons. The van der Waals surface area contributed by atoms with Gasteiger partial charge in [0.15, 0.2) is 17.2 Å². The lowest BCUT2D eigenvalue weighted by Crippen LogP contribution is -2.72. The number of carbonyl (C=O) groups excluding carboxylic acids is 2. The van der Waals surface area contributed by atoms with E-state index >= 15 is 0 Å². The van der Waals surface area contributed by atoms with Crippen LogP contribution in [0, 0.1) is 19.8 Å². The Bertz CT molecular complexity index is 1330. The maximum absolute atomic E-state index is 14.0. The zero-order valence-electron chi connectivity index (χ0n) is 21.7. The first-order valence-electron chi connectivity index (χ1n) is 12.8. The standard InChI is InChI=1S/C30H33N3O4/c1-5-36-24-13-9-12-22-26-25(28(34)31-23-15-14-19(2)18-20(23)3)30(4,37-27(22)24)33(29(35)32-26)17-16-21-10-7-6-8-11-21/h6-15,18,25-26H,5,16-17H2,1-4H3,(H,31,34)(H,32,35)/t25-,26-,30-/m1/s1. The van der Waals surface area contributed by atoms with Crippen LogP contribution in [0.25, 0.3) is 0 Å². The number of anilines is 1. The van der Waals surface area contributed by atoms with Crippen LogP contribution in [-0.2, 0) is 11.2 Å². The molecule has 1 saturated heterocycles. The summed E-state index contributed by atoms with van der Waals surface area (Å²) in [6.45, 7) is 8.60. The van der Waals surface area contributed by atoms with Gasteiger partial charge in [0.05, 0.1) is 12.6 Å². The van der Waals surface area contributed by atoms with Crippen molar-refractivity contribution in [2.24, 2.45) is 5.92 Å². The van der Waals surface area contributed by atoms with E-state index in [1.165, 1.54) is 0 Å². The molecule has 3 atom stereocenters. The van der Waals surface area contributed by atoms with Crippen LogP contribution in [-0.4, -0.2) is 35.7 Å². The summed E-state index contributed by atoms with van der Waals surface area (Å²) in [5.74, 6) is 0.253. The summed E-state index contributed by atoms with van der Waals surface area (Å²) < 4.78 is 12.5. The highest BCUT2D eigenvalue weighted by Crippen LogP contribution is 2.51. The lowest BCUT2D eigenvalue weighted by Gasteiger charge is -2.54. The number of nitrogens with one attached hydrogen (secondary N) is 2. The number of nitrogens with zero attached hydrogens (tertiary/aromatic N) is 1. The average molecular weight is 500 g/mol. The normalized spacial score (nSPS) is 21.9. The molecule has 7 heteroatoms. The Morgan fingerprint density at radius 1 is 1.11 bits per heavy atom. The molecule has 0 aromatic heterocycles. The molecule has 2 heterocycles. The Kier molecular flexibility index (Phi) is 6.54. The summed E-state index contributed by atoms with van der Waals surface area (Å²) in [4.78, 5) is 29.1. The van der Waals surface area contributed by atoms with Crippen LogP contribution in [0.2, 0.25) is 0 Å². The number of para-hydroxylation sites is 1. The molecule has 3 aromatic carbocycles. The van der Waals surface area contributed by atoms with E-state index in [0.29, 0.717) is 31.1 Å². The largest absolute Gasteiger partial charge is 0.490 e. The molecule has 2 aliphatic rings. The predicted molar refractivity (Wildman–Crippen MR) is 143 cm³/mol. The summed E-state index contributed by atoms with van der Waals surface area (Å²) in [6.07, 6.45) is 0.628. The number of ether oxygens (including phenoxy) is 2. The van der Waals surface area contributed by atoms with Crippen molar-refractivity contribution in [1.82, 2.24) is 10.2 Å². The third kappa shape index (κ3) is 4.50. The molecule has 5 rings (SSSR count). The highest BCUT2D eigenvalue weighted by atomic mass is 16.5. The first-order valence-corrected chi connectivity index (χ1v) is 12.8. The minimum atomic E-state index is -1.23. The van der Waals surface area contributed by atoms with Crippen LogP contribution in [0.3, 0.4) is 0 Å². The topological polar surface area (TPSA) is 79.9 Å². The quantitative estimate of drug-likeness (QED) is 0.458. The van der Waals surface area contributed by atoms with Crippen molar-refractivity contribution in [2.45, 2.75) is 45.9 Å². The summed E-state index contributed by atoms with van der Waals surface area (Å²) in [5, 5.41) is 6.23. The van der Waals surface area contributed by atoms with Crippen LogP contribution in [0.5, 0.6) is 11.5 Å². The van der Waals surface area contributed by atoms with Gasteiger partial charge in [-0.1, -0.05) is 60.2 Å². The van der Waals surface area contributed by atoms with E-state index in [2.05, 4.69) is 10.6 Å². The van der Waals surface area contributed by atoms with Gasteiger partial charge in [0.2, 0.25) is 5.91 Å². The third-order valence-corrected chi connectivity index (χ3v) is 7.31. The minimum Gasteiger partial charge on any atom is -0.490 e. The Hall–Kier alpha value is -4.00. The lowest BCUT2D eigenvalue weighted by atomic mass is 9.78. The molecule has 3 aromatic rings. The summed E-state index contributed by atoms with van der Waals surface area (Å²) >= 11 is 0. The van der Waals surface area contributed by atoms with E-state index in [0.717, 1.165) is 27.9 Å². The predicted octanol–water partition coefficient (Wildman–Crippen LogP) is 5.37. The zero-order valence-corrected chi connectivity index (χ0v) is 21.7. The van der Waals surface area contributed by atoms with Gasteiger partial charge in [-0.3, -0.25) is 9.69 Å². The van der Waals surface area contributed by atoms with E-state index < -0.39 is 17.7 Å². The smallest absolute Gasteiger partial charge is 0.321 e. The van der Waals surface area contributed by atoms with E-state index in [-0.39, 0.29) is 11.9 Å². The van der Waals surface area contributed by atoms with E-state index in [4.69, 9.17) is 9.47 Å². The van der Waals surface area contributed by atoms with Crippen LogP contribution in [0.15, 0.2) is 66.7 Å². The van der Waals surface area contributed by atoms with Crippen molar-refractivity contribution in [3.8, 4) is 11.5 Å². The maximum atomic E-state index is 14.0. The zero-order chi connectivity index (χ0) is 26.2. The second-order valence-corrected chi connectivity index (χ2v) is 9.86. The Balaban J connectivity index is 1.55. The van der Waals surface area contributed by atoms with Gasteiger partial charge in [0.25, 0.3) is 0 Å². The van der Waals surface area contributed by atoms with E-state index in [1.807, 2.05) is 94.4 Å². The average Bonchev–Trinajstić information content (AvgIpc) is 2.86. The number of benzene rings is 3. The highest BCUT2D eigenvalue weighted by Gasteiger charge is 2.60. The number of fused-ring (bicyclic) bond motifs is 4. The molecule has 192 valence electrons. The first kappa shape index (κ1) is 24.7. The Morgan fingerprint density at radius 3 is 2.62 bits per heavy atom. The Morgan fingerprint density at radius 2 is 1.89 bits per heavy atom. The van der Waals surface area contributed by atoms with Crippen molar-refractivity contribution < 1.29 is 19.1 Å². The molecule has 0 aliphatic carbocycles. The number of hydrogen-bond donors (Lipinski definition) is 2. The molecule has 2 N–H and O–H groups in total. The highest BCUT2D eigenvalue weighted by molar-refractivity contribution is 5.96. The molecule has 3 amide bonds. The van der Waals surface area contributed by atoms with Crippen LogP contribution in [0.4, 0.5) is 10.5 Å². The van der Waals surface area contributed by atoms with Gasteiger partial charge in [0.1, 0.15) is 5.92 Å². The van der Waals surface area contributed by atoms with Gasteiger partial charge in [-0.05, 0) is 57.4 Å². The molecule has 1 fully saturated rings. The molecular weight excluding hydrogens is 466 g/mol. The SMILES string of the molecule is CCOc1cccc2c1O[C@]1(C)[C@@H](C(=O)Nc3ccc(C)cc3C)[C@@H]2NC(=O)N1CCc1ccccc1. The van der Waals surface area contributed by atoms with Crippen LogP contribution >= 0.6 is 0 Å². The summed E-state index contributed by atoms with van der Waals surface area (Å²) in [5.41, 5.74) is 3.45. The second-order valence-electron chi connectivity index (χ2n) is 9.86. The van der Waals surface area contributed by atoms with Gasteiger partial charge in [-0.2, -0.15) is 0 Å². The minimum absolute atomic E-state index is 0.211. The van der Waals surface area contributed by atoms with Gasteiger partial charge in [0, 0.05) is 17.8 Å². The van der Waals surface area contributed by atoms with Crippen molar-refractivity contribution in [3.05, 3.63) is 89.0 Å². The summed E-state index contributed by atoms with van der Waals surface area (Å²) in [6, 6.07) is 20.7. The van der Waals surface area contributed by atoms with Crippen molar-refractivity contribution >= 4 is 17.6 Å². The van der Waals surface area contributed by atoms with Gasteiger partial charge in [-0.15, -0.1) is 0 Å². The molecule has 37 heavy (non-hydrogen) atoms.